The fraction of sp³-hybridized carbons (Fsp3) is 0.625. The molecule has 0 saturated heterocycles. The van der Waals surface area contributed by atoms with E-state index in [1.165, 1.54) is 26.5 Å². The zero-order chi connectivity index (χ0) is 14.8. The van der Waals surface area contributed by atoms with Crippen molar-refractivity contribution in [3.63, 3.8) is 0 Å². The third kappa shape index (κ3) is 5.89. The monoisotopic (exact) mass is 452 g/mol. The summed E-state index contributed by atoms with van der Waals surface area (Å²) in [5.74, 6) is 0.705. The molecule has 0 bridgehead atoms. The normalized spacial score (nSPS) is 15.4. The number of hydrogen-bond donors (Lipinski definition) is 0. The van der Waals surface area contributed by atoms with E-state index in [2.05, 4.69) is 94.5 Å². The lowest BCUT2D eigenvalue weighted by Gasteiger charge is -2.25. The summed E-state index contributed by atoms with van der Waals surface area (Å²) in [6, 6.07) is 4.41. The van der Waals surface area contributed by atoms with Crippen molar-refractivity contribution in [2.24, 2.45) is 11.3 Å². The van der Waals surface area contributed by atoms with E-state index in [1.807, 2.05) is 0 Å². The molecule has 0 aliphatic carbocycles. The second kappa shape index (κ2) is 7.09. The van der Waals surface area contributed by atoms with Crippen LogP contribution in [0.15, 0.2) is 21.1 Å². The van der Waals surface area contributed by atoms with Gasteiger partial charge in [-0.3, -0.25) is 0 Å². The number of aryl methyl sites for hydroxylation is 1. The van der Waals surface area contributed by atoms with Crippen LogP contribution in [0.3, 0.4) is 0 Å². The molecule has 0 fully saturated rings. The molecule has 0 amide bonds. The van der Waals surface area contributed by atoms with Gasteiger partial charge in [0.1, 0.15) is 0 Å². The van der Waals surface area contributed by atoms with E-state index in [0.717, 1.165) is 6.42 Å². The van der Waals surface area contributed by atoms with Crippen molar-refractivity contribution in [2.45, 2.75) is 52.3 Å². The van der Waals surface area contributed by atoms with E-state index in [9.17, 15) is 0 Å². The van der Waals surface area contributed by atoms with Crippen LogP contribution in [0.4, 0.5) is 0 Å². The molecule has 0 aliphatic rings. The molecule has 0 aliphatic heterocycles. The van der Waals surface area contributed by atoms with E-state index in [4.69, 9.17) is 0 Å². The van der Waals surface area contributed by atoms with Crippen LogP contribution in [0.25, 0.3) is 0 Å². The van der Waals surface area contributed by atoms with Gasteiger partial charge in [0.2, 0.25) is 0 Å². The van der Waals surface area contributed by atoms with Crippen molar-refractivity contribution in [1.29, 1.82) is 0 Å². The molecule has 0 radical (unpaired) electrons. The van der Waals surface area contributed by atoms with Gasteiger partial charge in [-0.05, 0) is 54.4 Å². The first-order chi connectivity index (χ1) is 8.60. The smallest absolute Gasteiger partial charge is 0.0409 e. The SMILES string of the molecule is Cc1cc(Br)c(C(Br)CC(C)CC(C)(C)C)cc1Br. The first-order valence-electron chi connectivity index (χ1n) is 6.70. The lowest BCUT2D eigenvalue weighted by atomic mass is 9.83. The Morgan fingerprint density at radius 3 is 2.21 bits per heavy atom. The van der Waals surface area contributed by atoms with E-state index in [0.29, 0.717) is 16.2 Å². The van der Waals surface area contributed by atoms with Gasteiger partial charge in [0.15, 0.2) is 0 Å². The number of rotatable bonds is 4. The van der Waals surface area contributed by atoms with Gasteiger partial charge in [-0.25, -0.2) is 0 Å². The highest BCUT2D eigenvalue weighted by Gasteiger charge is 2.20. The Labute approximate surface area is 143 Å². The van der Waals surface area contributed by atoms with Crippen LogP contribution in [0.2, 0.25) is 0 Å². The molecule has 0 N–H and O–H groups in total. The Morgan fingerprint density at radius 2 is 1.68 bits per heavy atom. The minimum absolute atomic E-state index is 0.399. The summed E-state index contributed by atoms with van der Waals surface area (Å²) in [7, 11) is 0. The fourth-order valence-electron chi connectivity index (χ4n) is 2.51. The zero-order valence-electron chi connectivity index (χ0n) is 12.4. The van der Waals surface area contributed by atoms with Gasteiger partial charge in [-0.15, -0.1) is 0 Å². The molecule has 1 aromatic rings. The average Bonchev–Trinajstić information content (AvgIpc) is 2.20. The summed E-state index contributed by atoms with van der Waals surface area (Å²) in [5, 5.41) is 0. The molecule has 108 valence electrons. The Balaban J connectivity index is 2.78. The summed E-state index contributed by atoms with van der Waals surface area (Å²) < 4.78 is 2.37. The standard InChI is InChI=1S/C16H23Br3/c1-10(9-16(3,4)5)6-14(18)12-8-13(17)11(2)7-15(12)19/h7-8,10,14H,6,9H2,1-5H3. The molecule has 0 saturated carbocycles. The molecule has 1 aromatic carbocycles. The van der Waals surface area contributed by atoms with Crippen molar-refractivity contribution < 1.29 is 0 Å². The van der Waals surface area contributed by atoms with Gasteiger partial charge in [0.25, 0.3) is 0 Å². The number of halogens is 3. The largest absolute Gasteiger partial charge is 0.0838 e. The topological polar surface area (TPSA) is 0 Å². The zero-order valence-corrected chi connectivity index (χ0v) is 17.1. The third-order valence-electron chi connectivity index (χ3n) is 3.19. The maximum absolute atomic E-state index is 3.85. The van der Waals surface area contributed by atoms with Gasteiger partial charge in [-0.1, -0.05) is 75.5 Å². The van der Waals surface area contributed by atoms with Crippen LogP contribution >= 0.6 is 47.8 Å². The summed E-state index contributed by atoms with van der Waals surface area (Å²) in [6.07, 6.45) is 2.41. The average molecular weight is 455 g/mol. The van der Waals surface area contributed by atoms with Crippen LogP contribution in [0, 0.1) is 18.3 Å². The minimum Gasteiger partial charge on any atom is -0.0838 e. The van der Waals surface area contributed by atoms with Crippen molar-refractivity contribution in [1.82, 2.24) is 0 Å². The Hall–Kier alpha value is 0.660. The molecule has 2 unspecified atom stereocenters. The lowest BCUT2D eigenvalue weighted by Crippen LogP contribution is -2.12. The van der Waals surface area contributed by atoms with Crippen molar-refractivity contribution in [2.75, 3.05) is 0 Å². The highest BCUT2D eigenvalue weighted by atomic mass is 79.9. The first-order valence-corrected chi connectivity index (χ1v) is 9.20. The molecule has 0 aromatic heterocycles. The molecule has 0 heterocycles. The van der Waals surface area contributed by atoms with Crippen LogP contribution in [0.5, 0.6) is 0 Å². The second-order valence-corrected chi connectivity index (χ2v) is 9.51. The van der Waals surface area contributed by atoms with Crippen molar-refractivity contribution in [3.05, 3.63) is 32.2 Å². The molecular weight excluding hydrogens is 432 g/mol. The first kappa shape index (κ1) is 17.7. The predicted molar refractivity (Wildman–Crippen MR) is 96.1 cm³/mol. The predicted octanol–water partition coefficient (Wildman–Crippen LogP) is 7.42. The molecule has 19 heavy (non-hydrogen) atoms. The Morgan fingerprint density at radius 1 is 1.11 bits per heavy atom. The number of alkyl halides is 1. The van der Waals surface area contributed by atoms with Crippen molar-refractivity contribution in [3.8, 4) is 0 Å². The van der Waals surface area contributed by atoms with E-state index in [-0.39, 0.29) is 0 Å². The van der Waals surface area contributed by atoms with E-state index >= 15 is 0 Å². The summed E-state index contributed by atoms with van der Waals surface area (Å²) >= 11 is 11.2. The molecule has 0 nitrogen and oxygen atoms in total. The van der Waals surface area contributed by atoms with Gasteiger partial charge in [0, 0.05) is 13.8 Å². The van der Waals surface area contributed by atoms with Gasteiger partial charge in [0.05, 0.1) is 0 Å². The summed E-state index contributed by atoms with van der Waals surface area (Å²) in [4.78, 5) is 0.399. The second-order valence-electron chi connectivity index (χ2n) is 6.70. The van der Waals surface area contributed by atoms with Crippen LogP contribution in [0.1, 0.15) is 56.5 Å². The van der Waals surface area contributed by atoms with E-state index in [1.54, 1.807) is 0 Å². The Kier molecular flexibility index (Phi) is 6.60. The maximum Gasteiger partial charge on any atom is 0.0409 e. The highest BCUT2D eigenvalue weighted by molar-refractivity contribution is 9.11. The van der Waals surface area contributed by atoms with Gasteiger partial charge >= 0.3 is 0 Å². The van der Waals surface area contributed by atoms with Crippen molar-refractivity contribution >= 4 is 47.8 Å². The van der Waals surface area contributed by atoms with Crippen LogP contribution in [-0.2, 0) is 0 Å². The number of benzene rings is 1. The Bertz CT molecular complexity index is 432. The highest BCUT2D eigenvalue weighted by Crippen LogP contribution is 2.39. The minimum atomic E-state index is 0.399. The van der Waals surface area contributed by atoms with Crippen LogP contribution in [-0.4, -0.2) is 0 Å². The molecular formula is C16H23Br3. The lowest BCUT2D eigenvalue weighted by molar-refractivity contribution is 0.296. The van der Waals surface area contributed by atoms with Gasteiger partial charge < -0.3 is 0 Å². The fourth-order valence-corrected chi connectivity index (χ4v) is 4.93. The molecule has 1 rings (SSSR count). The quantitative estimate of drug-likeness (QED) is 0.415. The molecule has 0 spiro atoms. The van der Waals surface area contributed by atoms with Gasteiger partial charge in [-0.2, -0.15) is 0 Å². The number of hydrogen-bond acceptors (Lipinski definition) is 0. The third-order valence-corrected chi connectivity index (χ3v) is 5.59. The maximum atomic E-state index is 3.85. The summed E-state index contributed by atoms with van der Waals surface area (Å²) in [5.41, 5.74) is 2.99. The molecule has 2 atom stereocenters. The van der Waals surface area contributed by atoms with Crippen LogP contribution < -0.4 is 0 Å². The summed E-state index contributed by atoms with van der Waals surface area (Å²) in [6.45, 7) is 11.4. The molecule has 3 heteroatoms. The van der Waals surface area contributed by atoms with E-state index < -0.39 is 0 Å².